The fraction of sp³-hybridized carbons (Fsp3) is 0.389. The Morgan fingerprint density at radius 3 is 2.04 bits per heavy atom. The van der Waals surface area contributed by atoms with Crippen LogP contribution in [0.2, 0.25) is 0 Å². The van der Waals surface area contributed by atoms with Gasteiger partial charge < -0.3 is 9.26 Å². The first-order valence-corrected chi connectivity index (χ1v) is 7.69. The van der Waals surface area contributed by atoms with Gasteiger partial charge in [0, 0.05) is 6.07 Å². The zero-order valence-corrected chi connectivity index (χ0v) is 14.9. The first kappa shape index (κ1) is 17.7. The quantitative estimate of drug-likeness (QED) is 0.870. The number of carbonyl (C=O) groups excluding carboxylic acids is 2. The lowest BCUT2D eigenvalue weighted by Gasteiger charge is -2.17. The number of esters is 1. The maximum atomic E-state index is 12.4. The molecule has 0 saturated heterocycles. The molecule has 0 radical (unpaired) electrons. The molecule has 1 aromatic heterocycles. The highest BCUT2D eigenvalue weighted by Gasteiger charge is 2.20. The van der Waals surface area contributed by atoms with E-state index in [2.05, 4.69) is 10.5 Å². The smallest absolute Gasteiger partial charge is 0.339 e. The van der Waals surface area contributed by atoms with Gasteiger partial charge in [0.05, 0.1) is 11.3 Å². The molecule has 1 heterocycles. The Morgan fingerprint density at radius 1 is 1.00 bits per heavy atom. The molecule has 6 heteroatoms. The van der Waals surface area contributed by atoms with Crippen molar-refractivity contribution in [3.05, 3.63) is 45.1 Å². The van der Waals surface area contributed by atoms with Crippen LogP contribution in [0.15, 0.2) is 10.6 Å². The van der Waals surface area contributed by atoms with E-state index < -0.39 is 11.9 Å². The minimum atomic E-state index is -0.500. The lowest BCUT2D eigenvalue weighted by atomic mass is 9.90. The summed E-state index contributed by atoms with van der Waals surface area (Å²) in [6, 6.07) is 1.58. The molecule has 0 saturated carbocycles. The van der Waals surface area contributed by atoms with Gasteiger partial charge in [-0.05, 0) is 69.4 Å². The second kappa shape index (κ2) is 6.86. The van der Waals surface area contributed by atoms with Gasteiger partial charge in [0.25, 0.3) is 5.91 Å². The van der Waals surface area contributed by atoms with Gasteiger partial charge in [0.2, 0.25) is 5.88 Å². The van der Waals surface area contributed by atoms with E-state index in [0.29, 0.717) is 11.3 Å². The van der Waals surface area contributed by atoms with E-state index >= 15 is 0 Å². The summed E-state index contributed by atoms with van der Waals surface area (Å²) in [6.07, 6.45) is 0. The Labute approximate surface area is 141 Å². The summed E-state index contributed by atoms with van der Waals surface area (Å²) >= 11 is 0. The van der Waals surface area contributed by atoms with Crippen molar-refractivity contribution in [2.45, 2.75) is 41.5 Å². The highest BCUT2D eigenvalue weighted by atomic mass is 16.5. The molecule has 128 valence electrons. The second-order valence-corrected chi connectivity index (χ2v) is 5.96. The van der Waals surface area contributed by atoms with Crippen molar-refractivity contribution in [3.63, 3.8) is 0 Å². The van der Waals surface area contributed by atoms with E-state index in [9.17, 15) is 9.59 Å². The van der Waals surface area contributed by atoms with Crippen LogP contribution in [0.3, 0.4) is 0 Å². The van der Waals surface area contributed by atoms with Gasteiger partial charge in [0.15, 0.2) is 6.61 Å². The number of hydrogen-bond donors (Lipinski definition) is 1. The van der Waals surface area contributed by atoms with Crippen molar-refractivity contribution < 1.29 is 18.8 Å². The predicted molar refractivity (Wildman–Crippen MR) is 90.3 cm³/mol. The Hall–Kier alpha value is -2.63. The highest BCUT2D eigenvalue weighted by Crippen LogP contribution is 2.26. The normalized spacial score (nSPS) is 10.6. The lowest BCUT2D eigenvalue weighted by molar-refractivity contribution is -0.119. The maximum Gasteiger partial charge on any atom is 0.339 e. The van der Waals surface area contributed by atoms with Gasteiger partial charge in [-0.3, -0.25) is 10.1 Å². The number of benzene rings is 1. The third-order valence-corrected chi connectivity index (χ3v) is 4.43. The number of carbonyl (C=O) groups is 2. The molecule has 0 unspecified atom stereocenters. The van der Waals surface area contributed by atoms with Gasteiger partial charge in [0.1, 0.15) is 0 Å². The molecule has 1 aromatic carbocycles. The lowest BCUT2D eigenvalue weighted by Crippen LogP contribution is -2.22. The molecule has 0 aliphatic rings. The summed E-state index contributed by atoms with van der Waals surface area (Å²) in [4.78, 5) is 24.3. The van der Waals surface area contributed by atoms with Gasteiger partial charge in [-0.1, -0.05) is 5.16 Å². The summed E-state index contributed by atoms with van der Waals surface area (Å²) in [5.41, 5.74) is 6.23. The zero-order valence-electron chi connectivity index (χ0n) is 14.9. The zero-order chi connectivity index (χ0) is 18.0. The molecule has 0 aliphatic heterocycles. The van der Waals surface area contributed by atoms with Crippen LogP contribution in [0.1, 0.15) is 43.9 Å². The van der Waals surface area contributed by atoms with Gasteiger partial charge in [-0.25, -0.2) is 4.79 Å². The topological polar surface area (TPSA) is 81.4 Å². The predicted octanol–water partition coefficient (Wildman–Crippen LogP) is 3.32. The number of nitrogens with one attached hydrogen (secondary N) is 1. The second-order valence-electron chi connectivity index (χ2n) is 5.96. The van der Waals surface area contributed by atoms with Crippen LogP contribution in [0.25, 0.3) is 0 Å². The number of aromatic nitrogens is 1. The first-order chi connectivity index (χ1) is 11.2. The largest absolute Gasteiger partial charge is 0.452 e. The average molecular weight is 330 g/mol. The number of hydrogen-bond acceptors (Lipinski definition) is 5. The van der Waals surface area contributed by atoms with Crippen molar-refractivity contribution in [1.29, 1.82) is 0 Å². The minimum absolute atomic E-state index is 0.225. The summed E-state index contributed by atoms with van der Waals surface area (Å²) in [6.45, 7) is 11.1. The van der Waals surface area contributed by atoms with Gasteiger partial charge in [-0.15, -0.1) is 0 Å². The van der Waals surface area contributed by atoms with E-state index in [1.807, 2.05) is 34.6 Å². The Balaban J connectivity index is 2.09. The molecular formula is C18H22N2O4. The van der Waals surface area contributed by atoms with E-state index in [0.717, 1.165) is 22.3 Å². The highest BCUT2D eigenvalue weighted by molar-refractivity contribution is 5.97. The number of amides is 1. The third-order valence-electron chi connectivity index (χ3n) is 4.43. The van der Waals surface area contributed by atoms with E-state index in [-0.39, 0.29) is 12.5 Å². The summed E-state index contributed by atoms with van der Waals surface area (Å²) in [5.74, 6) is -0.751. The minimum Gasteiger partial charge on any atom is -0.452 e. The average Bonchev–Trinajstić information content (AvgIpc) is 2.94. The number of nitrogens with zero attached hydrogens (tertiary/aromatic N) is 1. The fourth-order valence-corrected chi connectivity index (χ4v) is 2.61. The van der Waals surface area contributed by atoms with Crippen molar-refractivity contribution in [2.24, 2.45) is 0 Å². The number of rotatable bonds is 4. The van der Waals surface area contributed by atoms with Gasteiger partial charge in [-0.2, -0.15) is 0 Å². The van der Waals surface area contributed by atoms with Crippen LogP contribution >= 0.6 is 0 Å². The van der Waals surface area contributed by atoms with Crippen LogP contribution in [-0.4, -0.2) is 23.6 Å². The van der Waals surface area contributed by atoms with E-state index in [4.69, 9.17) is 9.26 Å². The Morgan fingerprint density at radius 2 is 1.54 bits per heavy atom. The molecule has 0 bridgehead atoms. The van der Waals surface area contributed by atoms with Crippen molar-refractivity contribution in [1.82, 2.24) is 5.16 Å². The van der Waals surface area contributed by atoms with E-state index in [1.165, 1.54) is 5.56 Å². The molecule has 0 spiro atoms. The third kappa shape index (κ3) is 3.48. The number of aryl methyl sites for hydroxylation is 1. The summed E-state index contributed by atoms with van der Waals surface area (Å²) in [5, 5.41) is 6.15. The molecule has 0 aliphatic carbocycles. The Kier molecular flexibility index (Phi) is 5.07. The number of anilines is 1. The molecular weight excluding hydrogens is 308 g/mol. The molecule has 6 nitrogen and oxygen atoms in total. The Bertz CT molecular complexity index is 777. The molecule has 1 N–H and O–H groups in total. The molecule has 0 fully saturated rings. The molecule has 2 rings (SSSR count). The fourth-order valence-electron chi connectivity index (χ4n) is 2.61. The monoisotopic (exact) mass is 330 g/mol. The first-order valence-electron chi connectivity index (χ1n) is 7.69. The van der Waals surface area contributed by atoms with Crippen LogP contribution in [0, 0.1) is 41.5 Å². The van der Waals surface area contributed by atoms with Crippen molar-refractivity contribution in [3.8, 4) is 0 Å². The van der Waals surface area contributed by atoms with Crippen LogP contribution in [0.4, 0.5) is 5.88 Å². The molecule has 2 aromatic rings. The van der Waals surface area contributed by atoms with Gasteiger partial charge >= 0.3 is 5.97 Å². The van der Waals surface area contributed by atoms with Crippen LogP contribution in [-0.2, 0) is 9.53 Å². The van der Waals surface area contributed by atoms with E-state index in [1.54, 1.807) is 13.0 Å². The summed E-state index contributed by atoms with van der Waals surface area (Å²) < 4.78 is 10.1. The molecule has 1 amide bonds. The van der Waals surface area contributed by atoms with Crippen LogP contribution < -0.4 is 5.32 Å². The molecule has 24 heavy (non-hydrogen) atoms. The van der Waals surface area contributed by atoms with Crippen molar-refractivity contribution in [2.75, 3.05) is 11.9 Å². The maximum absolute atomic E-state index is 12.4. The number of ether oxygens (including phenoxy) is 1. The SMILES string of the molecule is Cc1cc(NC(=O)COC(=O)c2c(C)c(C)c(C)c(C)c2C)on1. The summed E-state index contributed by atoms with van der Waals surface area (Å²) in [7, 11) is 0. The standard InChI is InChI=1S/C18H22N2O4/c1-9-7-16(24-20-9)19-15(21)8-23-18(22)17-13(5)11(3)10(2)12(4)14(17)6/h7H,8H2,1-6H3,(H,19,21). The van der Waals surface area contributed by atoms with Crippen LogP contribution in [0.5, 0.6) is 0 Å². The molecule has 0 atom stereocenters. The van der Waals surface area contributed by atoms with Crippen molar-refractivity contribution >= 4 is 17.8 Å².